The van der Waals surface area contributed by atoms with E-state index in [2.05, 4.69) is 0 Å². The van der Waals surface area contributed by atoms with Crippen LogP contribution in [0.25, 0.3) is 0 Å². The second kappa shape index (κ2) is 3.43. The fourth-order valence-electron chi connectivity index (χ4n) is 0.904. The van der Waals surface area contributed by atoms with Crippen molar-refractivity contribution >= 4 is 28.9 Å². The van der Waals surface area contributed by atoms with Gasteiger partial charge in [0.15, 0.2) is 0 Å². The third-order valence-electron chi connectivity index (χ3n) is 1.44. The molecule has 3 nitrogen and oxygen atoms in total. The fraction of sp³-hybridized carbons (Fsp3) is 0.286. The summed E-state index contributed by atoms with van der Waals surface area (Å²) in [6, 6.07) is 0. The van der Waals surface area contributed by atoms with Crippen molar-refractivity contribution in [3.63, 3.8) is 0 Å². The predicted octanol–water partition coefficient (Wildman–Crippen LogP) is 1.90. The summed E-state index contributed by atoms with van der Waals surface area (Å²) in [4.78, 5) is 11.8. The van der Waals surface area contributed by atoms with Crippen molar-refractivity contribution in [1.29, 1.82) is 0 Å². The molecule has 0 aliphatic carbocycles. The van der Waals surface area contributed by atoms with Crippen molar-refractivity contribution in [3.05, 3.63) is 20.3 Å². The molecule has 0 bridgehead atoms. The van der Waals surface area contributed by atoms with Crippen molar-refractivity contribution in [2.24, 2.45) is 0 Å². The van der Waals surface area contributed by atoms with Crippen LogP contribution >= 0.6 is 22.9 Å². The van der Waals surface area contributed by atoms with Crippen LogP contribution in [0.15, 0.2) is 0 Å². The third-order valence-corrected chi connectivity index (χ3v) is 3.12. The Balaban J connectivity index is 3.31. The van der Waals surface area contributed by atoms with E-state index < -0.39 is 5.97 Å². The number of halogens is 1. The molecule has 0 spiro atoms. The number of aliphatic hydroxyl groups is 1. The van der Waals surface area contributed by atoms with Crippen LogP contribution in [0.1, 0.15) is 20.1 Å². The summed E-state index contributed by atoms with van der Waals surface area (Å²) >= 11 is 6.91. The van der Waals surface area contributed by atoms with Crippen LogP contribution < -0.4 is 0 Å². The lowest BCUT2D eigenvalue weighted by Crippen LogP contribution is -1.98. The van der Waals surface area contributed by atoms with Gasteiger partial charge in [-0.1, -0.05) is 11.6 Å². The molecule has 0 atom stereocenters. The molecular formula is C7H7ClO3S. The van der Waals surface area contributed by atoms with Gasteiger partial charge in [-0.15, -0.1) is 11.3 Å². The van der Waals surface area contributed by atoms with E-state index in [4.69, 9.17) is 21.8 Å². The van der Waals surface area contributed by atoms with Crippen LogP contribution in [0.2, 0.25) is 5.02 Å². The minimum absolute atomic E-state index is 0.0293. The minimum Gasteiger partial charge on any atom is -0.478 e. The Morgan fingerprint density at radius 2 is 2.25 bits per heavy atom. The maximum Gasteiger partial charge on any atom is 0.338 e. The van der Waals surface area contributed by atoms with Crippen molar-refractivity contribution < 1.29 is 15.0 Å². The number of carbonyl (C=O) groups is 1. The third kappa shape index (κ3) is 1.46. The zero-order valence-corrected chi connectivity index (χ0v) is 7.87. The van der Waals surface area contributed by atoms with Crippen LogP contribution in [0.4, 0.5) is 0 Å². The molecule has 1 heterocycles. The smallest absolute Gasteiger partial charge is 0.338 e. The molecule has 2 N–H and O–H groups in total. The van der Waals surface area contributed by atoms with Gasteiger partial charge in [-0.05, 0) is 6.92 Å². The minimum atomic E-state index is -1.09. The predicted molar refractivity (Wildman–Crippen MR) is 46.9 cm³/mol. The van der Waals surface area contributed by atoms with Gasteiger partial charge >= 0.3 is 5.97 Å². The highest BCUT2D eigenvalue weighted by Crippen LogP contribution is 2.32. The first-order valence-corrected chi connectivity index (χ1v) is 4.39. The van der Waals surface area contributed by atoms with Gasteiger partial charge in [-0.25, -0.2) is 4.79 Å². The van der Waals surface area contributed by atoms with Gasteiger partial charge in [0.05, 0.1) is 17.2 Å². The van der Waals surface area contributed by atoms with Gasteiger partial charge in [-0.3, -0.25) is 0 Å². The van der Waals surface area contributed by atoms with Crippen LogP contribution in [-0.2, 0) is 6.61 Å². The SMILES string of the molecule is Cc1sc(CO)c(C(=O)O)c1Cl. The van der Waals surface area contributed by atoms with Crippen molar-refractivity contribution in [1.82, 2.24) is 0 Å². The Bertz CT molecular complexity index is 319. The second-order valence-corrected chi connectivity index (χ2v) is 3.92. The van der Waals surface area contributed by atoms with Crippen molar-refractivity contribution in [3.8, 4) is 0 Å². The first-order valence-electron chi connectivity index (χ1n) is 3.19. The summed E-state index contributed by atoms with van der Waals surface area (Å²) in [5.41, 5.74) is 0.0293. The Morgan fingerprint density at radius 3 is 2.58 bits per heavy atom. The van der Waals surface area contributed by atoms with Crippen LogP contribution in [-0.4, -0.2) is 16.2 Å². The Morgan fingerprint density at radius 1 is 1.67 bits per heavy atom. The number of aliphatic hydroxyl groups excluding tert-OH is 1. The topological polar surface area (TPSA) is 57.5 Å². The zero-order valence-electron chi connectivity index (χ0n) is 6.30. The Kier molecular flexibility index (Phi) is 2.72. The molecule has 12 heavy (non-hydrogen) atoms. The lowest BCUT2D eigenvalue weighted by molar-refractivity contribution is 0.0694. The molecule has 0 radical (unpaired) electrons. The average Bonchev–Trinajstić information content (AvgIpc) is 2.28. The van der Waals surface area contributed by atoms with E-state index in [0.717, 1.165) is 4.88 Å². The van der Waals surface area contributed by atoms with Gasteiger partial charge < -0.3 is 10.2 Å². The maximum atomic E-state index is 10.6. The molecule has 0 aliphatic rings. The number of rotatable bonds is 2. The Labute approximate surface area is 78.2 Å². The van der Waals surface area contributed by atoms with Crippen molar-refractivity contribution in [2.75, 3.05) is 0 Å². The number of carboxylic acids is 1. The number of hydrogen-bond donors (Lipinski definition) is 2. The van der Waals surface area contributed by atoms with E-state index in [1.807, 2.05) is 0 Å². The highest BCUT2D eigenvalue weighted by atomic mass is 35.5. The van der Waals surface area contributed by atoms with E-state index >= 15 is 0 Å². The number of carboxylic acid groups (broad SMARTS) is 1. The van der Waals surface area contributed by atoms with Gasteiger partial charge in [-0.2, -0.15) is 0 Å². The van der Waals surface area contributed by atoms with Crippen LogP contribution in [0.5, 0.6) is 0 Å². The zero-order chi connectivity index (χ0) is 9.30. The summed E-state index contributed by atoms with van der Waals surface area (Å²) in [6.07, 6.45) is 0. The van der Waals surface area contributed by atoms with Crippen LogP contribution in [0.3, 0.4) is 0 Å². The molecule has 1 aromatic rings. The molecule has 0 amide bonds. The molecular weight excluding hydrogens is 200 g/mol. The van der Waals surface area contributed by atoms with E-state index in [0.29, 0.717) is 4.88 Å². The number of hydrogen-bond acceptors (Lipinski definition) is 3. The monoisotopic (exact) mass is 206 g/mol. The van der Waals surface area contributed by atoms with Crippen LogP contribution in [0, 0.1) is 6.92 Å². The average molecular weight is 207 g/mol. The normalized spacial score (nSPS) is 10.2. The maximum absolute atomic E-state index is 10.6. The molecule has 0 aliphatic heterocycles. The van der Waals surface area contributed by atoms with Crippen molar-refractivity contribution in [2.45, 2.75) is 13.5 Å². The molecule has 1 rings (SSSR count). The van der Waals surface area contributed by atoms with E-state index in [-0.39, 0.29) is 17.2 Å². The number of aromatic carboxylic acids is 1. The molecule has 0 fully saturated rings. The first-order chi connectivity index (χ1) is 5.57. The highest BCUT2D eigenvalue weighted by molar-refractivity contribution is 7.13. The van der Waals surface area contributed by atoms with Gasteiger partial charge in [0, 0.05) is 9.75 Å². The highest BCUT2D eigenvalue weighted by Gasteiger charge is 2.19. The number of thiophene rings is 1. The second-order valence-electron chi connectivity index (χ2n) is 2.23. The summed E-state index contributed by atoms with van der Waals surface area (Å²) in [5, 5.41) is 17.7. The lowest BCUT2D eigenvalue weighted by atomic mass is 10.2. The molecule has 0 saturated heterocycles. The quantitative estimate of drug-likeness (QED) is 0.777. The molecule has 66 valence electrons. The standard InChI is InChI=1S/C7H7ClO3S/c1-3-6(8)5(7(10)11)4(2-9)12-3/h9H,2H2,1H3,(H,10,11). The summed E-state index contributed by atoms with van der Waals surface area (Å²) < 4.78 is 0. The van der Waals surface area contributed by atoms with E-state index in [1.54, 1.807) is 6.92 Å². The molecule has 1 aromatic heterocycles. The van der Waals surface area contributed by atoms with Gasteiger partial charge in [0.1, 0.15) is 0 Å². The largest absolute Gasteiger partial charge is 0.478 e. The van der Waals surface area contributed by atoms with Gasteiger partial charge in [0.25, 0.3) is 0 Å². The molecule has 0 saturated carbocycles. The van der Waals surface area contributed by atoms with E-state index in [1.165, 1.54) is 11.3 Å². The summed E-state index contributed by atoms with van der Waals surface area (Å²) in [6.45, 7) is 1.44. The fourth-order valence-corrected chi connectivity index (χ4v) is 2.19. The summed E-state index contributed by atoms with van der Waals surface area (Å²) in [5.74, 6) is -1.09. The Hall–Kier alpha value is -0.580. The molecule has 0 aromatic carbocycles. The number of aryl methyl sites for hydroxylation is 1. The van der Waals surface area contributed by atoms with E-state index in [9.17, 15) is 4.79 Å². The molecule has 0 unspecified atom stereocenters. The van der Waals surface area contributed by atoms with Gasteiger partial charge in [0.2, 0.25) is 0 Å². The summed E-state index contributed by atoms with van der Waals surface area (Å²) in [7, 11) is 0. The first kappa shape index (κ1) is 9.51. The molecule has 5 heteroatoms. The lowest BCUT2D eigenvalue weighted by Gasteiger charge is -1.93.